The normalized spacial score (nSPS) is 11.1. The van der Waals surface area contributed by atoms with Crippen LogP contribution < -0.4 is 5.43 Å². The zero-order valence-electron chi connectivity index (χ0n) is 18.1. The highest BCUT2D eigenvalue weighted by Gasteiger charge is 2.18. The van der Waals surface area contributed by atoms with Crippen molar-refractivity contribution in [3.8, 4) is 28.2 Å². The molecule has 3 aromatic carbocycles. The summed E-state index contributed by atoms with van der Waals surface area (Å²) in [6.45, 7) is 0. The van der Waals surface area contributed by atoms with Gasteiger partial charge in [-0.1, -0.05) is 76.6 Å². The molecule has 0 saturated carbocycles. The van der Waals surface area contributed by atoms with Gasteiger partial charge in [-0.15, -0.1) is 0 Å². The Hall–Kier alpha value is -4.16. The zero-order chi connectivity index (χ0) is 23.3. The molecule has 5 rings (SSSR count). The fourth-order valence-corrected chi connectivity index (χ4v) is 4.09. The van der Waals surface area contributed by atoms with Crippen molar-refractivity contribution >= 4 is 28.1 Å². The van der Waals surface area contributed by atoms with Gasteiger partial charge in [0.15, 0.2) is 5.76 Å². The lowest BCUT2D eigenvalue weighted by atomic mass is 10.1. The molecule has 6 heteroatoms. The second-order valence-corrected chi connectivity index (χ2v) is 8.47. The van der Waals surface area contributed by atoms with Crippen LogP contribution in [0.5, 0.6) is 0 Å². The molecule has 0 saturated heterocycles. The molecular weight excluding hydrogens is 490 g/mol. The van der Waals surface area contributed by atoms with E-state index >= 15 is 0 Å². The molecular formula is C28H20BrN3O2. The van der Waals surface area contributed by atoms with Gasteiger partial charge < -0.3 is 8.98 Å². The lowest BCUT2D eigenvalue weighted by Crippen LogP contribution is -2.16. The molecule has 5 nitrogen and oxygen atoms in total. The largest absolute Gasteiger partial charge is 0.459 e. The van der Waals surface area contributed by atoms with Gasteiger partial charge >= 0.3 is 5.91 Å². The summed E-state index contributed by atoms with van der Waals surface area (Å²) in [5.41, 5.74) is 8.52. The zero-order valence-corrected chi connectivity index (χ0v) is 19.6. The Balaban J connectivity index is 1.67. The van der Waals surface area contributed by atoms with E-state index in [-0.39, 0.29) is 5.76 Å². The van der Waals surface area contributed by atoms with Crippen LogP contribution in [0.4, 0.5) is 0 Å². The summed E-state index contributed by atoms with van der Waals surface area (Å²) >= 11 is 3.54. The first-order valence-corrected chi connectivity index (χ1v) is 11.5. The van der Waals surface area contributed by atoms with Gasteiger partial charge in [-0.3, -0.25) is 4.79 Å². The van der Waals surface area contributed by atoms with Gasteiger partial charge in [0.2, 0.25) is 0 Å². The van der Waals surface area contributed by atoms with E-state index in [9.17, 15) is 4.79 Å². The molecule has 0 aliphatic carbocycles. The average Bonchev–Trinajstić information content (AvgIpc) is 3.54. The molecule has 2 aromatic heterocycles. The van der Waals surface area contributed by atoms with Gasteiger partial charge in [0.1, 0.15) is 0 Å². The van der Waals surface area contributed by atoms with Crippen molar-refractivity contribution in [2.75, 3.05) is 0 Å². The van der Waals surface area contributed by atoms with Crippen LogP contribution in [0.25, 0.3) is 28.2 Å². The molecule has 0 bridgehead atoms. The third-order valence-electron chi connectivity index (χ3n) is 5.35. The predicted molar refractivity (Wildman–Crippen MR) is 138 cm³/mol. The maximum atomic E-state index is 12.3. The van der Waals surface area contributed by atoms with E-state index in [2.05, 4.69) is 73.5 Å². The van der Waals surface area contributed by atoms with Crippen molar-refractivity contribution in [2.24, 2.45) is 5.10 Å². The third kappa shape index (κ3) is 4.49. The van der Waals surface area contributed by atoms with Gasteiger partial charge in [-0.05, 0) is 53.6 Å². The number of rotatable bonds is 6. The Kier molecular flexibility index (Phi) is 6.23. The van der Waals surface area contributed by atoms with Gasteiger partial charge in [-0.25, -0.2) is 5.43 Å². The van der Waals surface area contributed by atoms with Gasteiger partial charge in [-0.2, -0.15) is 5.10 Å². The Bertz CT molecular complexity index is 1420. The summed E-state index contributed by atoms with van der Waals surface area (Å²) in [6, 6.07) is 33.9. The molecule has 0 atom stereocenters. The Morgan fingerprint density at radius 1 is 0.853 bits per heavy atom. The summed E-state index contributed by atoms with van der Waals surface area (Å²) in [6.07, 6.45) is 3.13. The minimum absolute atomic E-state index is 0.206. The van der Waals surface area contributed by atoms with Crippen LogP contribution in [0.2, 0.25) is 0 Å². The quantitative estimate of drug-likeness (QED) is 0.199. The molecule has 0 radical (unpaired) electrons. The Morgan fingerprint density at radius 3 is 2.18 bits per heavy atom. The minimum atomic E-state index is -0.405. The molecule has 166 valence electrons. The summed E-state index contributed by atoms with van der Waals surface area (Å²) in [4.78, 5) is 12.3. The number of hydrogen-bond acceptors (Lipinski definition) is 3. The molecule has 1 N–H and O–H groups in total. The molecule has 0 aliphatic rings. The fraction of sp³-hybridized carbons (Fsp3) is 0. The second kappa shape index (κ2) is 9.77. The van der Waals surface area contributed by atoms with E-state index in [0.717, 1.165) is 38.2 Å². The molecule has 0 fully saturated rings. The smallest absolute Gasteiger partial charge is 0.307 e. The van der Waals surface area contributed by atoms with E-state index in [1.165, 1.54) is 6.26 Å². The van der Waals surface area contributed by atoms with Crippen LogP contribution in [0.15, 0.2) is 123 Å². The highest BCUT2D eigenvalue weighted by atomic mass is 79.9. The maximum absolute atomic E-state index is 12.3. The van der Waals surface area contributed by atoms with Crippen LogP contribution in [-0.4, -0.2) is 16.7 Å². The monoisotopic (exact) mass is 509 g/mol. The lowest BCUT2D eigenvalue weighted by Gasteiger charge is -2.15. The van der Waals surface area contributed by atoms with Crippen LogP contribution in [0, 0.1) is 0 Å². The third-order valence-corrected chi connectivity index (χ3v) is 5.88. The minimum Gasteiger partial charge on any atom is -0.459 e. The van der Waals surface area contributed by atoms with Gasteiger partial charge in [0.25, 0.3) is 0 Å². The Labute approximate surface area is 205 Å². The number of furan rings is 1. The van der Waals surface area contributed by atoms with Crippen LogP contribution in [0.1, 0.15) is 16.1 Å². The van der Waals surface area contributed by atoms with Crippen molar-refractivity contribution in [1.29, 1.82) is 0 Å². The first-order valence-electron chi connectivity index (χ1n) is 10.7. The molecule has 5 aromatic rings. The first kappa shape index (κ1) is 21.7. The summed E-state index contributed by atoms with van der Waals surface area (Å²) < 4.78 is 8.37. The number of nitrogens with one attached hydrogen (secondary N) is 1. The molecule has 2 heterocycles. The van der Waals surface area contributed by atoms with Gasteiger partial charge in [0, 0.05) is 15.7 Å². The van der Waals surface area contributed by atoms with E-state index < -0.39 is 5.91 Å². The molecule has 0 aliphatic heterocycles. The number of aromatic nitrogens is 1. The van der Waals surface area contributed by atoms with Crippen molar-refractivity contribution in [3.05, 3.63) is 125 Å². The fourth-order valence-electron chi connectivity index (χ4n) is 3.82. The SMILES string of the molecule is O=C(N/N=C/c1cc(-c2ccccc2)n(-c2ccc(Br)cc2)c1-c1ccccc1)c1ccco1. The van der Waals surface area contributed by atoms with Crippen molar-refractivity contribution in [1.82, 2.24) is 9.99 Å². The predicted octanol–water partition coefficient (Wildman–Crippen LogP) is 6.93. The average molecular weight is 510 g/mol. The maximum Gasteiger partial charge on any atom is 0.307 e. The number of nitrogens with zero attached hydrogens (tertiary/aromatic N) is 2. The first-order chi connectivity index (χ1) is 16.7. The number of carbonyl (C=O) groups excluding carboxylic acids is 1. The number of halogens is 1. The van der Waals surface area contributed by atoms with E-state index in [4.69, 9.17) is 4.42 Å². The number of benzene rings is 3. The number of hydrazone groups is 1. The molecule has 34 heavy (non-hydrogen) atoms. The number of carbonyl (C=O) groups is 1. The molecule has 0 unspecified atom stereocenters. The van der Waals surface area contributed by atoms with Crippen molar-refractivity contribution in [2.45, 2.75) is 0 Å². The number of amides is 1. The van der Waals surface area contributed by atoms with Gasteiger partial charge in [0.05, 0.1) is 23.9 Å². The highest BCUT2D eigenvalue weighted by Crippen LogP contribution is 2.35. The summed E-state index contributed by atoms with van der Waals surface area (Å²) in [7, 11) is 0. The van der Waals surface area contributed by atoms with E-state index in [1.54, 1.807) is 18.3 Å². The van der Waals surface area contributed by atoms with E-state index in [1.807, 2.05) is 48.5 Å². The lowest BCUT2D eigenvalue weighted by molar-refractivity contribution is 0.0927. The number of hydrogen-bond donors (Lipinski definition) is 1. The highest BCUT2D eigenvalue weighted by molar-refractivity contribution is 9.10. The van der Waals surface area contributed by atoms with Crippen LogP contribution >= 0.6 is 15.9 Å². The summed E-state index contributed by atoms with van der Waals surface area (Å²) in [5, 5.41) is 4.23. The van der Waals surface area contributed by atoms with E-state index in [0.29, 0.717) is 0 Å². The van der Waals surface area contributed by atoms with Crippen molar-refractivity contribution in [3.63, 3.8) is 0 Å². The summed E-state index contributed by atoms with van der Waals surface area (Å²) in [5.74, 6) is -0.198. The molecule has 1 amide bonds. The topological polar surface area (TPSA) is 59.5 Å². The Morgan fingerprint density at radius 2 is 1.53 bits per heavy atom. The van der Waals surface area contributed by atoms with Crippen LogP contribution in [-0.2, 0) is 0 Å². The second-order valence-electron chi connectivity index (χ2n) is 7.55. The van der Waals surface area contributed by atoms with Crippen molar-refractivity contribution < 1.29 is 9.21 Å². The van der Waals surface area contributed by atoms with Crippen LogP contribution in [0.3, 0.4) is 0 Å². The molecule has 0 spiro atoms. The standard InChI is InChI=1S/C28H20BrN3O2/c29-23-13-15-24(16-14-23)32-25(20-8-3-1-4-9-20)18-22(27(32)21-10-5-2-6-11-21)19-30-31-28(33)26-12-7-17-34-26/h1-19H,(H,31,33)/b30-19+.